The van der Waals surface area contributed by atoms with Crippen LogP contribution >= 0.6 is 0 Å². The van der Waals surface area contributed by atoms with Gasteiger partial charge in [-0.25, -0.2) is 0 Å². The van der Waals surface area contributed by atoms with Crippen LogP contribution in [0.5, 0.6) is 0 Å². The largest absolute Gasteiger partial charge is 0.484 e. The molecule has 0 atom stereocenters. The summed E-state index contributed by atoms with van der Waals surface area (Å²) in [6, 6.07) is 1.43. The third kappa shape index (κ3) is 2.34. The maximum atomic E-state index is 12.2. The Labute approximate surface area is 74.0 Å². The van der Waals surface area contributed by atoms with Crippen LogP contribution < -0.4 is 4.90 Å². The van der Waals surface area contributed by atoms with E-state index in [-0.39, 0.29) is 10.6 Å². The molecule has 0 fully saturated rings. The zero-order valence-corrected chi connectivity index (χ0v) is 7.26. The van der Waals surface area contributed by atoms with Gasteiger partial charge in [0.05, 0.1) is 11.9 Å². The van der Waals surface area contributed by atoms with Gasteiger partial charge >= 0.3 is 6.30 Å². The number of nitrogens with zero attached hydrogens (tertiary/aromatic N) is 2. The van der Waals surface area contributed by atoms with E-state index in [0.29, 0.717) is 5.56 Å². The molecule has 2 nitrogen and oxygen atoms in total. The molecule has 0 radical (unpaired) electrons. The van der Waals surface area contributed by atoms with Gasteiger partial charge in [-0.1, -0.05) is 0 Å². The van der Waals surface area contributed by atoms with E-state index in [1.807, 2.05) is 0 Å². The lowest BCUT2D eigenvalue weighted by Crippen LogP contribution is -2.34. The first kappa shape index (κ1) is 9.83. The Bertz CT molecular complexity index is 296. The maximum absolute atomic E-state index is 12.2. The molecule has 1 rings (SSSR count). The molecule has 5 heteroatoms. The zero-order chi connectivity index (χ0) is 10.1. The van der Waals surface area contributed by atoms with Crippen molar-refractivity contribution in [2.75, 3.05) is 11.9 Å². The minimum atomic E-state index is -4.35. The number of anilines is 1. The fourth-order valence-electron chi connectivity index (χ4n) is 0.869. The van der Waals surface area contributed by atoms with E-state index in [4.69, 9.17) is 0 Å². The van der Waals surface area contributed by atoms with E-state index in [9.17, 15) is 13.2 Å². The van der Waals surface area contributed by atoms with Gasteiger partial charge in [-0.05, 0) is 18.6 Å². The van der Waals surface area contributed by atoms with Crippen LogP contribution in [-0.4, -0.2) is 18.3 Å². The Hall–Kier alpha value is -1.26. The van der Waals surface area contributed by atoms with Gasteiger partial charge in [-0.2, -0.15) is 13.2 Å². The number of halogens is 3. The zero-order valence-electron chi connectivity index (χ0n) is 7.26. The van der Waals surface area contributed by atoms with Crippen LogP contribution in [0.1, 0.15) is 5.56 Å². The molecule has 0 saturated carbocycles. The number of aromatic nitrogens is 1. The van der Waals surface area contributed by atoms with Crippen LogP contribution in [0.3, 0.4) is 0 Å². The molecule has 0 aromatic carbocycles. The molecule has 0 aliphatic carbocycles. The summed E-state index contributed by atoms with van der Waals surface area (Å²) in [5, 5.41) is 0. The summed E-state index contributed by atoms with van der Waals surface area (Å²) in [4.78, 5) is 3.91. The van der Waals surface area contributed by atoms with E-state index in [1.165, 1.54) is 18.5 Å². The quantitative estimate of drug-likeness (QED) is 0.632. The minimum absolute atomic E-state index is 0.0486. The van der Waals surface area contributed by atoms with Crippen molar-refractivity contribution >= 4 is 5.69 Å². The predicted molar refractivity (Wildman–Crippen MR) is 43.4 cm³/mol. The van der Waals surface area contributed by atoms with Gasteiger partial charge in [0.15, 0.2) is 0 Å². The van der Waals surface area contributed by atoms with Crippen molar-refractivity contribution < 1.29 is 13.2 Å². The van der Waals surface area contributed by atoms with Crippen molar-refractivity contribution in [2.45, 2.75) is 13.2 Å². The fourth-order valence-corrected chi connectivity index (χ4v) is 0.869. The highest BCUT2D eigenvalue weighted by atomic mass is 19.4. The van der Waals surface area contributed by atoms with E-state index in [2.05, 4.69) is 4.98 Å². The fraction of sp³-hybridized carbons (Fsp3) is 0.375. The Balaban J connectivity index is 2.96. The van der Waals surface area contributed by atoms with Crippen LogP contribution in [0.15, 0.2) is 18.5 Å². The number of pyridine rings is 1. The molecule has 0 spiro atoms. The summed E-state index contributed by atoms with van der Waals surface area (Å²) in [6.07, 6.45) is -1.66. The Morgan fingerprint density at radius 1 is 1.31 bits per heavy atom. The van der Waals surface area contributed by atoms with Crippen LogP contribution in [0.4, 0.5) is 18.9 Å². The molecule has 0 saturated heterocycles. The van der Waals surface area contributed by atoms with E-state index < -0.39 is 6.30 Å². The number of aryl methyl sites for hydroxylation is 1. The van der Waals surface area contributed by atoms with Crippen LogP contribution in [0, 0.1) is 6.92 Å². The summed E-state index contributed by atoms with van der Waals surface area (Å²) < 4.78 is 36.5. The molecule has 0 aliphatic heterocycles. The summed E-state index contributed by atoms with van der Waals surface area (Å²) in [7, 11) is 0.969. The van der Waals surface area contributed by atoms with Crippen molar-refractivity contribution in [3.8, 4) is 0 Å². The van der Waals surface area contributed by atoms with Crippen LogP contribution in [-0.2, 0) is 0 Å². The highest BCUT2D eigenvalue weighted by molar-refractivity contribution is 5.45. The average Bonchev–Trinajstić information content (AvgIpc) is 2.01. The second-order valence-electron chi connectivity index (χ2n) is 2.75. The smallest absolute Gasteiger partial charge is 0.286 e. The molecular formula is C8H9F3N2. The van der Waals surface area contributed by atoms with Gasteiger partial charge in [0.25, 0.3) is 0 Å². The highest BCUT2D eigenvalue weighted by Crippen LogP contribution is 2.25. The molecule has 0 bridgehead atoms. The van der Waals surface area contributed by atoms with Crippen LogP contribution in [0.25, 0.3) is 0 Å². The maximum Gasteiger partial charge on any atom is 0.484 e. The number of hydrogen-bond donors (Lipinski definition) is 0. The van der Waals surface area contributed by atoms with Gasteiger partial charge < -0.3 is 0 Å². The molecule has 13 heavy (non-hydrogen) atoms. The predicted octanol–water partition coefficient (Wildman–Crippen LogP) is 2.35. The third-order valence-corrected chi connectivity index (χ3v) is 1.63. The molecule has 1 heterocycles. The van der Waals surface area contributed by atoms with Gasteiger partial charge in [0.2, 0.25) is 0 Å². The van der Waals surface area contributed by atoms with Gasteiger partial charge in [0, 0.05) is 13.2 Å². The summed E-state index contributed by atoms with van der Waals surface area (Å²) in [5.74, 6) is 0. The second kappa shape index (κ2) is 3.24. The molecule has 0 amide bonds. The number of alkyl halides is 3. The number of hydrogen-bond acceptors (Lipinski definition) is 2. The third-order valence-electron chi connectivity index (χ3n) is 1.63. The van der Waals surface area contributed by atoms with E-state index >= 15 is 0 Å². The van der Waals surface area contributed by atoms with Gasteiger partial charge in [-0.3, -0.25) is 9.88 Å². The van der Waals surface area contributed by atoms with E-state index in [1.54, 1.807) is 6.92 Å². The normalized spacial score (nSPS) is 11.5. The van der Waals surface area contributed by atoms with E-state index in [0.717, 1.165) is 7.05 Å². The lowest BCUT2D eigenvalue weighted by atomic mass is 10.3. The van der Waals surface area contributed by atoms with Crippen molar-refractivity contribution in [1.82, 2.24) is 4.98 Å². The Kier molecular flexibility index (Phi) is 2.45. The van der Waals surface area contributed by atoms with Crippen molar-refractivity contribution in [3.63, 3.8) is 0 Å². The molecule has 1 aromatic rings. The minimum Gasteiger partial charge on any atom is -0.286 e. The molecule has 0 aliphatic rings. The highest BCUT2D eigenvalue weighted by Gasteiger charge is 2.34. The molecule has 0 unspecified atom stereocenters. The average molecular weight is 190 g/mol. The first-order valence-electron chi connectivity index (χ1n) is 3.63. The van der Waals surface area contributed by atoms with Crippen LogP contribution in [0.2, 0.25) is 0 Å². The second-order valence-corrected chi connectivity index (χ2v) is 2.75. The summed E-state index contributed by atoms with van der Waals surface area (Å²) in [6.45, 7) is 1.70. The van der Waals surface area contributed by atoms with Crippen molar-refractivity contribution in [1.29, 1.82) is 0 Å². The molecular weight excluding hydrogens is 181 g/mol. The number of rotatable bonds is 1. The SMILES string of the molecule is Cc1cncc(N(C)C(F)(F)F)c1. The lowest BCUT2D eigenvalue weighted by molar-refractivity contribution is -0.125. The Morgan fingerprint density at radius 2 is 1.92 bits per heavy atom. The first-order valence-corrected chi connectivity index (χ1v) is 3.63. The molecule has 72 valence electrons. The first-order chi connectivity index (χ1) is 5.91. The molecule has 0 N–H and O–H groups in total. The Morgan fingerprint density at radius 3 is 2.38 bits per heavy atom. The standard InChI is InChI=1S/C8H9F3N2/c1-6-3-7(5-12-4-6)13(2)8(9,10)11/h3-5H,1-2H3. The van der Waals surface area contributed by atoms with Crippen molar-refractivity contribution in [2.24, 2.45) is 0 Å². The van der Waals surface area contributed by atoms with Gasteiger partial charge in [0.1, 0.15) is 0 Å². The summed E-state index contributed by atoms with van der Waals surface area (Å²) in [5.41, 5.74) is 0.751. The summed E-state index contributed by atoms with van der Waals surface area (Å²) >= 11 is 0. The lowest BCUT2D eigenvalue weighted by Gasteiger charge is -2.21. The van der Waals surface area contributed by atoms with Crippen molar-refractivity contribution in [3.05, 3.63) is 24.0 Å². The topological polar surface area (TPSA) is 16.1 Å². The molecule has 1 aromatic heterocycles. The van der Waals surface area contributed by atoms with Gasteiger partial charge in [-0.15, -0.1) is 0 Å². The monoisotopic (exact) mass is 190 g/mol.